The number of benzene rings is 1. The van der Waals surface area contributed by atoms with E-state index in [2.05, 4.69) is 15.7 Å². The Balaban J connectivity index is 1.50. The molecule has 0 spiro atoms. The van der Waals surface area contributed by atoms with Crippen molar-refractivity contribution in [2.45, 2.75) is 39.3 Å². The molecule has 0 aliphatic rings. The molecule has 3 heterocycles. The molecule has 182 valence electrons. The van der Waals surface area contributed by atoms with Crippen LogP contribution in [0, 0.1) is 0 Å². The number of alkyl carbamates (subject to hydrolysis) is 1. The maximum Gasteiger partial charge on any atom is 0.407 e. The molecular weight excluding hydrogens is 446 g/mol. The first kappa shape index (κ1) is 24.0. The third-order valence-corrected chi connectivity index (χ3v) is 5.12. The highest BCUT2D eigenvalue weighted by Gasteiger charge is 2.18. The monoisotopic (exact) mass is 475 g/mol. The van der Waals surface area contributed by atoms with Gasteiger partial charge in [0.1, 0.15) is 17.9 Å². The zero-order valence-electron chi connectivity index (χ0n) is 20.1. The Hall–Kier alpha value is -4.14. The minimum atomic E-state index is -0.553. The molecule has 0 radical (unpaired) electrons. The number of ether oxygens (including phenoxy) is 1. The maximum atomic E-state index is 13.1. The van der Waals surface area contributed by atoms with Crippen LogP contribution in [0.25, 0.3) is 22.3 Å². The van der Waals surface area contributed by atoms with Crippen molar-refractivity contribution in [2.24, 2.45) is 0 Å². The van der Waals surface area contributed by atoms with Gasteiger partial charge in [0.25, 0.3) is 5.91 Å². The smallest absolute Gasteiger partial charge is 0.407 e. The molecule has 4 aromatic rings. The van der Waals surface area contributed by atoms with E-state index in [1.54, 1.807) is 23.2 Å². The van der Waals surface area contributed by atoms with Crippen LogP contribution in [-0.2, 0) is 11.3 Å². The lowest BCUT2D eigenvalue weighted by atomic mass is 10.1. The first-order chi connectivity index (χ1) is 16.8. The van der Waals surface area contributed by atoms with Crippen LogP contribution in [0.5, 0.6) is 0 Å². The predicted octanol–water partition coefficient (Wildman–Crippen LogP) is 4.38. The van der Waals surface area contributed by atoms with E-state index in [1.807, 2.05) is 63.2 Å². The quantitative estimate of drug-likeness (QED) is 0.366. The second kappa shape index (κ2) is 10.4. The fourth-order valence-corrected chi connectivity index (χ4v) is 3.55. The van der Waals surface area contributed by atoms with Crippen LogP contribution in [0.3, 0.4) is 0 Å². The molecule has 1 aromatic carbocycles. The lowest BCUT2D eigenvalue weighted by Gasteiger charge is -2.19. The third-order valence-electron chi connectivity index (χ3n) is 5.12. The number of pyridine rings is 1. The molecule has 0 atom stereocenters. The molecule has 4 rings (SSSR count). The SMILES string of the molecule is CC(C)(C)OC(=O)NCCCNC(=O)c1cc(-c2ccccc2)nc2c1cnn2Cc1ccco1. The van der Waals surface area contributed by atoms with Crippen molar-refractivity contribution in [1.82, 2.24) is 25.4 Å². The van der Waals surface area contributed by atoms with Crippen LogP contribution in [0.15, 0.2) is 65.4 Å². The van der Waals surface area contributed by atoms with E-state index in [4.69, 9.17) is 14.1 Å². The molecule has 0 saturated heterocycles. The van der Waals surface area contributed by atoms with Gasteiger partial charge in [0, 0.05) is 18.7 Å². The number of hydrogen-bond donors (Lipinski definition) is 2. The summed E-state index contributed by atoms with van der Waals surface area (Å²) in [5, 5.41) is 10.7. The van der Waals surface area contributed by atoms with Gasteiger partial charge >= 0.3 is 6.09 Å². The average molecular weight is 476 g/mol. The zero-order chi connectivity index (χ0) is 24.8. The number of aromatic nitrogens is 3. The summed E-state index contributed by atoms with van der Waals surface area (Å²) in [6.45, 7) is 6.60. The zero-order valence-corrected chi connectivity index (χ0v) is 20.1. The van der Waals surface area contributed by atoms with Gasteiger partial charge in [0.05, 0.1) is 29.1 Å². The molecule has 9 heteroatoms. The lowest BCUT2D eigenvalue weighted by molar-refractivity contribution is 0.0527. The average Bonchev–Trinajstić information content (AvgIpc) is 3.48. The van der Waals surface area contributed by atoms with Gasteiger partial charge in [-0.3, -0.25) is 4.79 Å². The van der Waals surface area contributed by atoms with Gasteiger partial charge in [-0.2, -0.15) is 5.10 Å². The summed E-state index contributed by atoms with van der Waals surface area (Å²) in [5.74, 6) is 0.509. The fraction of sp³-hybridized carbons (Fsp3) is 0.308. The van der Waals surface area contributed by atoms with Gasteiger partial charge in [-0.05, 0) is 45.4 Å². The molecule has 2 N–H and O–H groups in total. The van der Waals surface area contributed by atoms with Gasteiger partial charge in [-0.15, -0.1) is 0 Å². The lowest BCUT2D eigenvalue weighted by Crippen LogP contribution is -2.34. The summed E-state index contributed by atoms with van der Waals surface area (Å²) in [5.41, 5.74) is 2.11. The number of carbonyl (C=O) groups is 2. The molecule has 0 aliphatic carbocycles. The largest absolute Gasteiger partial charge is 0.467 e. The number of rotatable bonds is 8. The first-order valence-corrected chi connectivity index (χ1v) is 11.5. The minimum Gasteiger partial charge on any atom is -0.467 e. The Morgan fingerprint density at radius 2 is 1.83 bits per heavy atom. The number of nitrogens with one attached hydrogen (secondary N) is 2. The van der Waals surface area contributed by atoms with Crippen molar-refractivity contribution >= 4 is 23.0 Å². The number of furan rings is 1. The Morgan fingerprint density at radius 3 is 2.54 bits per heavy atom. The standard InChI is InChI=1S/C26H29N5O4/c1-26(2,3)35-25(33)28-13-8-12-27-24(32)20-15-22(18-9-5-4-6-10-18)30-23-21(20)16-29-31(23)17-19-11-7-14-34-19/h4-7,9-11,14-16H,8,12-13,17H2,1-3H3,(H,27,32)(H,28,33). The van der Waals surface area contributed by atoms with Crippen molar-refractivity contribution in [1.29, 1.82) is 0 Å². The second-order valence-electron chi connectivity index (χ2n) is 9.08. The number of fused-ring (bicyclic) bond motifs is 1. The maximum absolute atomic E-state index is 13.1. The summed E-state index contributed by atoms with van der Waals surface area (Å²) in [4.78, 5) is 29.7. The highest BCUT2D eigenvalue weighted by Crippen LogP contribution is 2.25. The van der Waals surface area contributed by atoms with E-state index in [0.717, 1.165) is 11.3 Å². The van der Waals surface area contributed by atoms with Gasteiger partial charge < -0.3 is 19.8 Å². The molecule has 0 bridgehead atoms. The molecule has 3 aromatic heterocycles. The molecule has 0 fully saturated rings. The normalized spacial score (nSPS) is 11.4. The van der Waals surface area contributed by atoms with Crippen molar-refractivity contribution in [2.75, 3.05) is 13.1 Å². The van der Waals surface area contributed by atoms with Crippen LogP contribution in [0.1, 0.15) is 43.3 Å². The van der Waals surface area contributed by atoms with Crippen LogP contribution in [-0.4, -0.2) is 45.5 Å². The summed E-state index contributed by atoms with van der Waals surface area (Å²) in [6.07, 6.45) is 3.35. The van der Waals surface area contributed by atoms with E-state index >= 15 is 0 Å². The Bertz CT molecular complexity index is 1290. The van der Waals surface area contributed by atoms with Crippen molar-refractivity contribution in [3.63, 3.8) is 0 Å². The highest BCUT2D eigenvalue weighted by molar-refractivity contribution is 6.06. The summed E-state index contributed by atoms with van der Waals surface area (Å²) >= 11 is 0. The van der Waals surface area contributed by atoms with Crippen LogP contribution in [0.4, 0.5) is 4.79 Å². The predicted molar refractivity (Wildman–Crippen MR) is 132 cm³/mol. The highest BCUT2D eigenvalue weighted by atomic mass is 16.6. The van der Waals surface area contributed by atoms with Gasteiger partial charge in [0.15, 0.2) is 5.65 Å². The van der Waals surface area contributed by atoms with Gasteiger partial charge in [-0.1, -0.05) is 30.3 Å². The van der Waals surface area contributed by atoms with Gasteiger partial charge in [-0.25, -0.2) is 14.5 Å². The summed E-state index contributed by atoms with van der Waals surface area (Å²) in [7, 11) is 0. The first-order valence-electron chi connectivity index (χ1n) is 11.5. The van der Waals surface area contributed by atoms with Crippen LogP contribution in [0.2, 0.25) is 0 Å². The Kier molecular flexibility index (Phi) is 7.14. The minimum absolute atomic E-state index is 0.232. The number of nitrogens with zero attached hydrogens (tertiary/aromatic N) is 3. The van der Waals surface area contributed by atoms with E-state index in [1.165, 1.54) is 0 Å². The van der Waals surface area contributed by atoms with Crippen LogP contribution >= 0.6 is 0 Å². The van der Waals surface area contributed by atoms with Crippen molar-refractivity contribution < 1.29 is 18.7 Å². The number of hydrogen-bond acceptors (Lipinski definition) is 6. The summed E-state index contributed by atoms with van der Waals surface area (Å²) in [6, 6.07) is 15.2. The second-order valence-corrected chi connectivity index (χ2v) is 9.08. The molecular formula is C26H29N5O4. The molecule has 0 saturated carbocycles. The van der Waals surface area contributed by atoms with Crippen molar-refractivity contribution in [3.8, 4) is 11.3 Å². The topological polar surface area (TPSA) is 111 Å². The molecule has 0 unspecified atom stereocenters. The number of carbonyl (C=O) groups excluding carboxylic acids is 2. The number of amides is 2. The van der Waals surface area contributed by atoms with Gasteiger partial charge in [0.2, 0.25) is 0 Å². The Labute approximate surface area is 203 Å². The molecule has 0 aliphatic heterocycles. The van der Waals surface area contributed by atoms with E-state index < -0.39 is 11.7 Å². The third kappa shape index (κ3) is 6.26. The van der Waals surface area contributed by atoms with Crippen molar-refractivity contribution in [3.05, 3.63) is 72.3 Å². The van der Waals surface area contributed by atoms with E-state index in [9.17, 15) is 9.59 Å². The van der Waals surface area contributed by atoms with E-state index in [-0.39, 0.29) is 5.91 Å². The van der Waals surface area contributed by atoms with E-state index in [0.29, 0.717) is 48.3 Å². The molecule has 35 heavy (non-hydrogen) atoms. The summed E-state index contributed by atoms with van der Waals surface area (Å²) < 4.78 is 12.4. The molecule has 9 nitrogen and oxygen atoms in total. The van der Waals surface area contributed by atoms with Crippen LogP contribution < -0.4 is 10.6 Å². The fourth-order valence-electron chi connectivity index (χ4n) is 3.55. The Morgan fingerprint density at radius 1 is 1.06 bits per heavy atom. The molecule has 2 amide bonds.